The number of fused-ring (bicyclic) bond motifs is 1. The minimum absolute atomic E-state index is 0.171. The van der Waals surface area contributed by atoms with Gasteiger partial charge in [0.05, 0.1) is 11.4 Å². The summed E-state index contributed by atoms with van der Waals surface area (Å²) in [5, 5.41) is 9.63. The van der Waals surface area contributed by atoms with Gasteiger partial charge in [-0.05, 0) is 51.5 Å². The first-order valence-electron chi connectivity index (χ1n) is 10.8. The highest BCUT2D eigenvalue weighted by atomic mass is 16.2. The van der Waals surface area contributed by atoms with E-state index in [0.29, 0.717) is 24.1 Å². The maximum Gasteiger partial charge on any atom is 0.314 e. The molecule has 1 aliphatic rings. The van der Waals surface area contributed by atoms with E-state index in [2.05, 4.69) is 25.7 Å². The summed E-state index contributed by atoms with van der Waals surface area (Å²) in [6.45, 7) is 3.62. The third-order valence-corrected chi connectivity index (χ3v) is 5.50. The molecule has 9 heteroatoms. The molecule has 9 nitrogen and oxygen atoms in total. The summed E-state index contributed by atoms with van der Waals surface area (Å²) in [6, 6.07) is 11.4. The van der Waals surface area contributed by atoms with Crippen molar-refractivity contribution in [2.45, 2.75) is 52.0 Å². The van der Waals surface area contributed by atoms with Crippen molar-refractivity contribution in [2.24, 2.45) is 0 Å². The van der Waals surface area contributed by atoms with Crippen LogP contribution in [0.25, 0.3) is 5.95 Å². The number of carbonyl (C=O) groups excluding carboxylic acids is 2. The molecule has 166 valence electrons. The first kappa shape index (κ1) is 21.5. The Morgan fingerprint density at radius 3 is 2.75 bits per heavy atom. The van der Waals surface area contributed by atoms with Crippen molar-refractivity contribution < 1.29 is 9.59 Å². The van der Waals surface area contributed by atoms with Crippen LogP contribution < -0.4 is 16.2 Å². The predicted molar refractivity (Wildman–Crippen MR) is 120 cm³/mol. The van der Waals surface area contributed by atoms with E-state index in [1.54, 1.807) is 13.0 Å². The minimum atomic E-state index is -0.804. The van der Waals surface area contributed by atoms with Gasteiger partial charge in [0.1, 0.15) is 5.82 Å². The van der Waals surface area contributed by atoms with Crippen LogP contribution in [0.4, 0.5) is 5.82 Å². The molecule has 4 rings (SSSR count). The molecule has 1 aromatic carbocycles. The molecule has 0 aliphatic heterocycles. The van der Waals surface area contributed by atoms with Crippen LogP contribution >= 0.6 is 0 Å². The quantitative estimate of drug-likeness (QED) is 0.511. The van der Waals surface area contributed by atoms with Gasteiger partial charge in [0.2, 0.25) is 5.95 Å². The van der Waals surface area contributed by atoms with Gasteiger partial charge < -0.3 is 10.6 Å². The number of benzene rings is 1. The van der Waals surface area contributed by atoms with Crippen LogP contribution in [-0.2, 0) is 28.9 Å². The van der Waals surface area contributed by atoms with Crippen LogP contribution in [0.5, 0.6) is 0 Å². The van der Waals surface area contributed by atoms with E-state index in [0.717, 1.165) is 25.0 Å². The second kappa shape index (κ2) is 9.17. The number of nitrogens with zero attached hydrogens (tertiary/aromatic N) is 3. The van der Waals surface area contributed by atoms with Crippen LogP contribution in [0.2, 0.25) is 0 Å². The summed E-state index contributed by atoms with van der Waals surface area (Å²) in [4.78, 5) is 44.5. The van der Waals surface area contributed by atoms with Crippen LogP contribution in [0.15, 0.2) is 41.2 Å². The lowest BCUT2D eigenvalue weighted by atomic mass is 10.1. The normalized spacial score (nSPS) is 13.4. The van der Waals surface area contributed by atoms with Gasteiger partial charge in [-0.15, -0.1) is 0 Å². The molecule has 1 atom stereocenters. The third kappa shape index (κ3) is 4.77. The molecule has 3 N–H and O–H groups in total. The minimum Gasteiger partial charge on any atom is -0.345 e. The molecule has 0 spiro atoms. The fourth-order valence-corrected chi connectivity index (χ4v) is 3.84. The van der Waals surface area contributed by atoms with Crippen molar-refractivity contribution in [1.29, 1.82) is 0 Å². The Hall–Kier alpha value is -3.75. The SMILES string of the molecule is Cc1cc(NC(=O)C(=O)NC(C)CCc2ccccc2)n(-c2nc3c(c(=O)[nH]2)CCC3)n1. The van der Waals surface area contributed by atoms with Gasteiger partial charge in [-0.3, -0.25) is 19.4 Å². The fraction of sp³-hybridized carbons (Fsp3) is 0.348. The standard InChI is InChI=1S/C23H26N6O3/c1-14(11-12-16-7-4-3-5-8-16)24-21(31)22(32)26-19-13-15(2)28-29(19)23-25-18-10-6-9-17(18)20(30)27-23/h3-5,7-8,13-14H,6,9-12H2,1-2H3,(H,24,31)(H,26,32)(H,25,27,30). The van der Waals surface area contributed by atoms with E-state index < -0.39 is 11.8 Å². The Balaban J connectivity index is 1.42. The Labute approximate surface area is 185 Å². The number of nitrogens with one attached hydrogen (secondary N) is 3. The maximum absolute atomic E-state index is 12.5. The van der Waals surface area contributed by atoms with Crippen LogP contribution in [-0.4, -0.2) is 37.6 Å². The molecular formula is C23H26N6O3. The zero-order valence-electron chi connectivity index (χ0n) is 18.1. The maximum atomic E-state index is 12.5. The Kier molecular flexibility index (Phi) is 6.16. The second-order valence-corrected chi connectivity index (χ2v) is 8.10. The second-order valence-electron chi connectivity index (χ2n) is 8.10. The summed E-state index contributed by atoms with van der Waals surface area (Å²) in [5.74, 6) is -1.05. The fourth-order valence-electron chi connectivity index (χ4n) is 3.84. The molecule has 0 saturated carbocycles. The summed E-state index contributed by atoms with van der Waals surface area (Å²) < 4.78 is 1.35. The van der Waals surface area contributed by atoms with Crippen molar-refractivity contribution in [1.82, 2.24) is 25.1 Å². The molecule has 2 aromatic heterocycles. The molecule has 0 radical (unpaired) electrons. The van der Waals surface area contributed by atoms with E-state index in [9.17, 15) is 14.4 Å². The number of rotatable bonds is 6. The van der Waals surface area contributed by atoms with E-state index in [1.807, 2.05) is 37.3 Å². The molecular weight excluding hydrogens is 408 g/mol. The molecule has 32 heavy (non-hydrogen) atoms. The predicted octanol–water partition coefficient (Wildman–Crippen LogP) is 1.83. The number of hydrogen-bond donors (Lipinski definition) is 3. The van der Waals surface area contributed by atoms with E-state index >= 15 is 0 Å². The van der Waals surface area contributed by atoms with E-state index in [4.69, 9.17) is 0 Å². The Bertz CT molecular complexity index is 1200. The lowest BCUT2D eigenvalue weighted by Gasteiger charge is -2.14. The van der Waals surface area contributed by atoms with Crippen molar-refractivity contribution in [3.05, 3.63) is 69.3 Å². The number of aromatic nitrogens is 4. The molecule has 1 aliphatic carbocycles. The number of aromatic amines is 1. The smallest absolute Gasteiger partial charge is 0.314 e. The molecule has 2 amide bonds. The van der Waals surface area contributed by atoms with Crippen molar-refractivity contribution in [2.75, 3.05) is 5.32 Å². The van der Waals surface area contributed by atoms with E-state index in [1.165, 1.54) is 10.2 Å². The zero-order valence-corrected chi connectivity index (χ0v) is 18.1. The molecule has 1 unspecified atom stereocenters. The summed E-state index contributed by atoms with van der Waals surface area (Å²) >= 11 is 0. The Morgan fingerprint density at radius 1 is 1.19 bits per heavy atom. The first-order chi connectivity index (χ1) is 15.4. The Morgan fingerprint density at radius 2 is 1.97 bits per heavy atom. The average Bonchev–Trinajstić information content (AvgIpc) is 3.39. The highest BCUT2D eigenvalue weighted by molar-refractivity contribution is 6.39. The lowest BCUT2D eigenvalue weighted by molar-refractivity contribution is -0.136. The summed E-state index contributed by atoms with van der Waals surface area (Å²) in [7, 11) is 0. The van der Waals surface area contributed by atoms with Gasteiger partial charge >= 0.3 is 11.8 Å². The van der Waals surface area contributed by atoms with Gasteiger partial charge in [-0.2, -0.15) is 9.78 Å². The number of amides is 2. The topological polar surface area (TPSA) is 122 Å². The summed E-state index contributed by atoms with van der Waals surface area (Å²) in [6.07, 6.45) is 3.84. The van der Waals surface area contributed by atoms with Gasteiger partial charge in [0, 0.05) is 17.7 Å². The number of anilines is 1. The van der Waals surface area contributed by atoms with Gasteiger partial charge in [-0.1, -0.05) is 30.3 Å². The lowest BCUT2D eigenvalue weighted by Crippen LogP contribution is -2.41. The monoisotopic (exact) mass is 434 g/mol. The third-order valence-electron chi connectivity index (χ3n) is 5.50. The number of carbonyl (C=O) groups is 2. The number of H-pyrrole nitrogens is 1. The van der Waals surface area contributed by atoms with Crippen molar-refractivity contribution >= 4 is 17.6 Å². The van der Waals surface area contributed by atoms with Crippen LogP contribution in [0, 0.1) is 6.92 Å². The molecule has 0 fully saturated rings. The molecule has 2 heterocycles. The van der Waals surface area contributed by atoms with E-state index in [-0.39, 0.29) is 23.4 Å². The number of hydrogen-bond acceptors (Lipinski definition) is 5. The average molecular weight is 435 g/mol. The molecule has 0 bridgehead atoms. The number of aryl methyl sites for hydroxylation is 3. The highest BCUT2D eigenvalue weighted by Crippen LogP contribution is 2.19. The molecule has 0 saturated heterocycles. The molecule has 3 aromatic rings. The van der Waals surface area contributed by atoms with Gasteiger partial charge in [-0.25, -0.2) is 4.98 Å². The van der Waals surface area contributed by atoms with Crippen molar-refractivity contribution in [3.8, 4) is 5.95 Å². The van der Waals surface area contributed by atoms with Gasteiger partial charge in [0.15, 0.2) is 0 Å². The van der Waals surface area contributed by atoms with Crippen LogP contribution in [0.1, 0.15) is 42.3 Å². The van der Waals surface area contributed by atoms with Crippen LogP contribution in [0.3, 0.4) is 0 Å². The first-order valence-corrected chi connectivity index (χ1v) is 10.8. The largest absolute Gasteiger partial charge is 0.345 e. The highest BCUT2D eigenvalue weighted by Gasteiger charge is 2.22. The zero-order chi connectivity index (χ0) is 22.7. The van der Waals surface area contributed by atoms with Gasteiger partial charge in [0.25, 0.3) is 5.56 Å². The van der Waals surface area contributed by atoms with Crippen molar-refractivity contribution in [3.63, 3.8) is 0 Å². The summed E-state index contributed by atoms with van der Waals surface area (Å²) in [5.41, 5.74) is 3.04.